The topological polar surface area (TPSA) is 12.9 Å². The Bertz CT molecular complexity index is 282. The molecule has 13 heavy (non-hydrogen) atoms. The fourth-order valence-electron chi connectivity index (χ4n) is 1.08. The van der Waals surface area contributed by atoms with Gasteiger partial charge in [-0.05, 0) is 37.5 Å². The minimum absolute atomic E-state index is 1.06. The predicted octanol–water partition coefficient (Wildman–Crippen LogP) is 3.46. The van der Waals surface area contributed by atoms with Crippen LogP contribution in [0.15, 0.2) is 23.9 Å². The number of aryl methyl sites for hydroxylation is 1. The summed E-state index contributed by atoms with van der Waals surface area (Å²) >= 11 is 0. The average Bonchev–Trinajstić information content (AvgIpc) is 2.19. The number of hydrogen-bond acceptors (Lipinski definition) is 1. The van der Waals surface area contributed by atoms with Gasteiger partial charge < -0.3 is 0 Å². The van der Waals surface area contributed by atoms with Crippen LogP contribution in [-0.4, -0.2) is 4.98 Å². The van der Waals surface area contributed by atoms with Crippen LogP contribution >= 0.6 is 0 Å². The Labute approximate surface area is 80.5 Å². The van der Waals surface area contributed by atoms with Crippen molar-refractivity contribution in [1.82, 2.24) is 4.98 Å². The first-order valence-corrected chi connectivity index (χ1v) is 4.88. The van der Waals surface area contributed by atoms with Crippen molar-refractivity contribution < 1.29 is 0 Å². The molecule has 0 spiro atoms. The fraction of sp³-hybridized carbons (Fsp3) is 0.417. The van der Waals surface area contributed by atoms with Crippen molar-refractivity contribution in [3.05, 3.63) is 35.2 Å². The lowest BCUT2D eigenvalue weighted by Gasteiger charge is -1.98. The lowest BCUT2D eigenvalue weighted by Crippen LogP contribution is -1.85. The van der Waals surface area contributed by atoms with Gasteiger partial charge in [0.15, 0.2) is 0 Å². The Morgan fingerprint density at radius 2 is 2.15 bits per heavy atom. The van der Waals surface area contributed by atoms with E-state index in [1.807, 2.05) is 6.20 Å². The highest BCUT2D eigenvalue weighted by atomic mass is 14.7. The summed E-state index contributed by atoms with van der Waals surface area (Å²) in [5.41, 5.74) is 3.74. The highest BCUT2D eigenvalue weighted by Crippen LogP contribution is 2.07. The molecule has 1 heterocycles. The average molecular weight is 175 g/mol. The van der Waals surface area contributed by atoms with Gasteiger partial charge in [0, 0.05) is 6.20 Å². The van der Waals surface area contributed by atoms with Crippen LogP contribution in [0.2, 0.25) is 0 Å². The second-order valence-corrected chi connectivity index (χ2v) is 3.29. The van der Waals surface area contributed by atoms with Crippen molar-refractivity contribution in [3.8, 4) is 0 Å². The normalized spacial score (nSPS) is 11.8. The molecule has 0 aliphatic rings. The van der Waals surface area contributed by atoms with E-state index in [2.05, 4.69) is 44.0 Å². The number of hydrogen-bond donors (Lipinski definition) is 0. The summed E-state index contributed by atoms with van der Waals surface area (Å²) in [7, 11) is 0. The maximum atomic E-state index is 4.36. The molecule has 1 nitrogen and oxygen atoms in total. The van der Waals surface area contributed by atoms with Crippen molar-refractivity contribution in [2.75, 3.05) is 0 Å². The molecule has 70 valence electrons. The molecule has 0 atom stereocenters. The van der Waals surface area contributed by atoms with E-state index in [-0.39, 0.29) is 0 Å². The van der Waals surface area contributed by atoms with E-state index in [4.69, 9.17) is 0 Å². The fourth-order valence-corrected chi connectivity index (χ4v) is 1.08. The summed E-state index contributed by atoms with van der Waals surface area (Å²) in [6, 6.07) is 4.22. The molecule has 0 amide bonds. The minimum Gasteiger partial charge on any atom is -0.257 e. The van der Waals surface area contributed by atoms with Gasteiger partial charge in [0.05, 0.1) is 5.69 Å². The van der Waals surface area contributed by atoms with Crippen LogP contribution in [0.1, 0.15) is 38.4 Å². The summed E-state index contributed by atoms with van der Waals surface area (Å²) in [6.07, 6.45) is 6.25. The molecule has 0 aliphatic heterocycles. The third kappa shape index (κ3) is 3.02. The quantitative estimate of drug-likeness (QED) is 0.685. The van der Waals surface area contributed by atoms with Gasteiger partial charge in [-0.15, -0.1) is 0 Å². The van der Waals surface area contributed by atoms with Crippen molar-refractivity contribution >= 4 is 6.08 Å². The second-order valence-electron chi connectivity index (χ2n) is 3.29. The Kier molecular flexibility index (Phi) is 3.69. The van der Waals surface area contributed by atoms with Gasteiger partial charge in [-0.3, -0.25) is 4.98 Å². The molecule has 0 fully saturated rings. The lowest BCUT2D eigenvalue weighted by molar-refractivity contribution is 1.09. The molecule has 0 aromatic carbocycles. The molecule has 0 bridgehead atoms. The standard InChI is InChI=1S/C12H17N/c1-4-10(3)8-12-7-6-11(5-2)9-13-12/h6-9H,4-5H2,1-3H3/b10-8+. The zero-order valence-corrected chi connectivity index (χ0v) is 8.67. The van der Waals surface area contributed by atoms with Gasteiger partial charge in [0.1, 0.15) is 0 Å². The molecule has 0 radical (unpaired) electrons. The Morgan fingerprint density at radius 3 is 2.62 bits per heavy atom. The van der Waals surface area contributed by atoms with E-state index in [0.29, 0.717) is 0 Å². The monoisotopic (exact) mass is 175 g/mol. The van der Waals surface area contributed by atoms with Gasteiger partial charge in [-0.1, -0.05) is 25.5 Å². The maximum Gasteiger partial charge on any atom is 0.0629 e. The van der Waals surface area contributed by atoms with Crippen LogP contribution < -0.4 is 0 Å². The molecule has 0 N–H and O–H groups in total. The SMILES string of the molecule is CC/C(C)=C/c1ccc(CC)cn1. The summed E-state index contributed by atoms with van der Waals surface area (Å²) in [6.45, 7) is 6.44. The number of allylic oxidation sites excluding steroid dienone is 1. The van der Waals surface area contributed by atoms with Crippen LogP contribution in [0, 0.1) is 0 Å². The van der Waals surface area contributed by atoms with Crippen LogP contribution in [0.5, 0.6) is 0 Å². The highest BCUT2D eigenvalue weighted by Gasteiger charge is 1.91. The van der Waals surface area contributed by atoms with E-state index in [9.17, 15) is 0 Å². The first kappa shape index (κ1) is 9.97. The van der Waals surface area contributed by atoms with Gasteiger partial charge in [-0.2, -0.15) is 0 Å². The molecule has 1 heteroatoms. The molecule has 0 saturated carbocycles. The highest BCUT2D eigenvalue weighted by molar-refractivity contribution is 5.48. The molecule has 1 aromatic heterocycles. The Morgan fingerprint density at radius 1 is 1.38 bits per heavy atom. The third-order valence-electron chi connectivity index (χ3n) is 2.21. The zero-order valence-electron chi connectivity index (χ0n) is 8.67. The van der Waals surface area contributed by atoms with Gasteiger partial charge >= 0.3 is 0 Å². The van der Waals surface area contributed by atoms with Gasteiger partial charge in [0.25, 0.3) is 0 Å². The largest absolute Gasteiger partial charge is 0.257 e. The molecule has 0 aliphatic carbocycles. The lowest BCUT2D eigenvalue weighted by atomic mass is 10.1. The first-order valence-electron chi connectivity index (χ1n) is 4.88. The number of pyridine rings is 1. The van der Waals surface area contributed by atoms with Gasteiger partial charge in [-0.25, -0.2) is 0 Å². The molecule has 1 rings (SSSR count). The van der Waals surface area contributed by atoms with E-state index >= 15 is 0 Å². The van der Waals surface area contributed by atoms with Crippen LogP contribution in [0.3, 0.4) is 0 Å². The number of rotatable bonds is 3. The van der Waals surface area contributed by atoms with Crippen LogP contribution in [0.25, 0.3) is 6.08 Å². The molecule has 0 unspecified atom stereocenters. The summed E-state index contributed by atoms with van der Waals surface area (Å²) in [4.78, 5) is 4.36. The van der Waals surface area contributed by atoms with E-state index in [0.717, 1.165) is 18.5 Å². The van der Waals surface area contributed by atoms with Crippen molar-refractivity contribution in [2.45, 2.75) is 33.6 Å². The smallest absolute Gasteiger partial charge is 0.0629 e. The molecular weight excluding hydrogens is 158 g/mol. The van der Waals surface area contributed by atoms with E-state index in [1.54, 1.807) is 0 Å². The van der Waals surface area contributed by atoms with Crippen molar-refractivity contribution in [1.29, 1.82) is 0 Å². The van der Waals surface area contributed by atoms with Crippen molar-refractivity contribution in [2.24, 2.45) is 0 Å². The Hall–Kier alpha value is -1.11. The number of aromatic nitrogens is 1. The molecule has 1 aromatic rings. The van der Waals surface area contributed by atoms with Gasteiger partial charge in [0.2, 0.25) is 0 Å². The molecular formula is C12H17N. The summed E-state index contributed by atoms with van der Waals surface area (Å²) in [5, 5.41) is 0. The second kappa shape index (κ2) is 4.80. The predicted molar refractivity (Wildman–Crippen MR) is 57.6 cm³/mol. The summed E-state index contributed by atoms with van der Waals surface area (Å²) in [5.74, 6) is 0. The van der Waals surface area contributed by atoms with E-state index < -0.39 is 0 Å². The Balaban J connectivity index is 2.80. The maximum absolute atomic E-state index is 4.36. The minimum atomic E-state index is 1.06. The van der Waals surface area contributed by atoms with Crippen LogP contribution in [-0.2, 0) is 6.42 Å². The first-order chi connectivity index (χ1) is 6.26. The number of nitrogens with zero attached hydrogens (tertiary/aromatic N) is 1. The van der Waals surface area contributed by atoms with Crippen molar-refractivity contribution in [3.63, 3.8) is 0 Å². The van der Waals surface area contributed by atoms with Crippen LogP contribution in [0.4, 0.5) is 0 Å². The van der Waals surface area contributed by atoms with E-state index in [1.165, 1.54) is 11.1 Å². The summed E-state index contributed by atoms with van der Waals surface area (Å²) < 4.78 is 0. The third-order valence-corrected chi connectivity index (χ3v) is 2.21. The zero-order chi connectivity index (χ0) is 9.68. The molecule has 0 saturated heterocycles.